The molecule has 0 spiro atoms. The Morgan fingerprint density at radius 2 is 1.54 bits per heavy atom. The van der Waals surface area contributed by atoms with Crippen LogP contribution in [0.2, 0.25) is 0 Å². The molecular weight excluding hydrogens is 338 g/mol. The third kappa shape index (κ3) is 10.9. The summed E-state index contributed by atoms with van der Waals surface area (Å²) < 4.78 is 10.4. The lowest BCUT2D eigenvalue weighted by Crippen LogP contribution is -2.42. The van der Waals surface area contributed by atoms with Crippen molar-refractivity contribution in [3.63, 3.8) is 0 Å². The lowest BCUT2D eigenvalue weighted by Gasteiger charge is -2.19. The summed E-state index contributed by atoms with van der Waals surface area (Å²) in [6, 6.07) is 9.24. The lowest BCUT2D eigenvalue weighted by atomic mass is 10.2. The maximum absolute atomic E-state index is 11.6. The third-order valence-corrected chi connectivity index (χ3v) is 2.90. The quantitative estimate of drug-likeness (QED) is 0.571. The fourth-order valence-corrected chi connectivity index (χ4v) is 1.80. The first kappa shape index (κ1) is 21.3. The second-order valence-corrected chi connectivity index (χ2v) is 6.47. The molecule has 0 aliphatic rings. The van der Waals surface area contributed by atoms with E-state index in [1.54, 1.807) is 20.8 Å². The molecule has 1 aromatic carbocycles. The molecule has 0 radical (unpaired) electrons. The molecule has 0 heterocycles. The number of alkyl carbamates (subject to hydrolysis) is 1. The summed E-state index contributed by atoms with van der Waals surface area (Å²) in [5.74, 6) is 0.185. The number of amides is 3. The van der Waals surface area contributed by atoms with Crippen LogP contribution in [0, 0.1) is 0 Å². The Labute approximate surface area is 153 Å². The minimum absolute atomic E-state index is 0.165. The molecule has 0 fully saturated rings. The molecule has 0 atom stereocenters. The normalized spacial score (nSPS) is 10.6. The second-order valence-electron chi connectivity index (χ2n) is 6.47. The first-order valence-corrected chi connectivity index (χ1v) is 8.44. The van der Waals surface area contributed by atoms with Crippen molar-refractivity contribution in [2.45, 2.75) is 32.8 Å². The number of hydrogen-bond acceptors (Lipinski definition) is 5. The Morgan fingerprint density at radius 1 is 0.923 bits per heavy atom. The maximum atomic E-state index is 11.6. The number of nitrogens with one attached hydrogen (secondary N) is 3. The number of ether oxygens (including phenoxy) is 2. The molecule has 0 unspecified atom stereocenters. The molecular formula is C18H27N3O5. The smallest absolute Gasteiger partial charge is 0.408 e. The average Bonchev–Trinajstić information content (AvgIpc) is 2.56. The minimum atomic E-state index is -0.653. The van der Waals surface area contributed by atoms with Crippen molar-refractivity contribution in [2.24, 2.45) is 0 Å². The summed E-state index contributed by atoms with van der Waals surface area (Å²) >= 11 is 0. The van der Waals surface area contributed by atoms with Crippen LogP contribution in [0.1, 0.15) is 27.2 Å². The van der Waals surface area contributed by atoms with E-state index >= 15 is 0 Å². The highest BCUT2D eigenvalue weighted by Crippen LogP contribution is 2.08. The maximum Gasteiger partial charge on any atom is 0.408 e. The fourth-order valence-electron chi connectivity index (χ4n) is 1.80. The molecule has 1 aromatic rings. The molecule has 26 heavy (non-hydrogen) atoms. The van der Waals surface area contributed by atoms with E-state index in [-0.39, 0.29) is 37.9 Å². The van der Waals surface area contributed by atoms with Crippen molar-refractivity contribution in [3.8, 4) is 5.75 Å². The predicted molar refractivity (Wildman–Crippen MR) is 96.8 cm³/mol. The molecule has 8 nitrogen and oxygen atoms in total. The molecule has 0 aliphatic carbocycles. The van der Waals surface area contributed by atoms with Gasteiger partial charge < -0.3 is 25.4 Å². The van der Waals surface area contributed by atoms with Gasteiger partial charge in [-0.25, -0.2) is 4.79 Å². The van der Waals surface area contributed by atoms with E-state index in [0.717, 1.165) is 0 Å². The van der Waals surface area contributed by atoms with Crippen LogP contribution >= 0.6 is 0 Å². The summed E-state index contributed by atoms with van der Waals surface area (Å²) in [5.41, 5.74) is -0.616. The van der Waals surface area contributed by atoms with E-state index in [9.17, 15) is 14.4 Å². The van der Waals surface area contributed by atoms with E-state index < -0.39 is 11.7 Å². The number of hydrogen-bond donors (Lipinski definition) is 3. The largest absolute Gasteiger partial charge is 0.493 e. The number of para-hydroxylation sites is 1. The molecule has 8 heteroatoms. The Balaban J connectivity index is 2.04. The van der Waals surface area contributed by atoms with E-state index in [4.69, 9.17) is 9.47 Å². The number of benzene rings is 1. The van der Waals surface area contributed by atoms with Crippen LogP contribution in [-0.4, -0.2) is 49.7 Å². The highest BCUT2D eigenvalue weighted by Gasteiger charge is 2.16. The molecule has 0 saturated carbocycles. The van der Waals surface area contributed by atoms with Gasteiger partial charge in [-0.3, -0.25) is 9.59 Å². The van der Waals surface area contributed by atoms with Crippen LogP contribution in [0.3, 0.4) is 0 Å². The van der Waals surface area contributed by atoms with Gasteiger partial charge in [-0.15, -0.1) is 0 Å². The van der Waals surface area contributed by atoms with Crippen LogP contribution in [0.4, 0.5) is 4.79 Å². The first-order chi connectivity index (χ1) is 12.3. The molecule has 0 saturated heterocycles. The van der Waals surface area contributed by atoms with E-state index in [2.05, 4.69) is 16.0 Å². The monoisotopic (exact) mass is 365 g/mol. The summed E-state index contributed by atoms with van der Waals surface area (Å²) in [5, 5.41) is 7.61. The highest BCUT2D eigenvalue weighted by molar-refractivity contribution is 5.82. The molecule has 0 aliphatic heterocycles. The molecule has 0 bridgehead atoms. The molecule has 3 N–H and O–H groups in total. The third-order valence-electron chi connectivity index (χ3n) is 2.90. The Kier molecular flexibility index (Phi) is 8.97. The van der Waals surface area contributed by atoms with Gasteiger partial charge in [0.25, 0.3) is 0 Å². The van der Waals surface area contributed by atoms with Gasteiger partial charge >= 0.3 is 6.09 Å². The Morgan fingerprint density at radius 3 is 2.15 bits per heavy atom. The van der Waals surface area contributed by atoms with Crippen molar-refractivity contribution < 1.29 is 23.9 Å². The van der Waals surface area contributed by atoms with E-state index in [1.165, 1.54) is 0 Å². The van der Waals surface area contributed by atoms with Gasteiger partial charge in [-0.2, -0.15) is 0 Å². The summed E-state index contributed by atoms with van der Waals surface area (Å²) in [7, 11) is 0. The zero-order valence-electron chi connectivity index (χ0n) is 15.5. The van der Waals surface area contributed by atoms with Gasteiger partial charge in [0.1, 0.15) is 11.4 Å². The Hall–Kier alpha value is -2.77. The fraction of sp³-hybridized carbons (Fsp3) is 0.500. The topological polar surface area (TPSA) is 106 Å². The molecule has 3 amide bonds. The summed E-state index contributed by atoms with van der Waals surface area (Å²) in [6.45, 7) is 5.86. The number of carbonyl (C=O) groups excluding carboxylic acids is 3. The van der Waals surface area contributed by atoms with Crippen LogP contribution < -0.4 is 20.7 Å². The van der Waals surface area contributed by atoms with Gasteiger partial charge in [0.2, 0.25) is 11.8 Å². The van der Waals surface area contributed by atoms with Gasteiger partial charge in [0.05, 0.1) is 19.6 Å². The standard InChI is InChI=1S/C18H27N3O5/c1-18(2,3)26-17(24)21-13-16(23)20-11-10-19-15(22)9-12-25-14-7-5-4-6-8-14/h4-8H,9-13H2,1-3H3,(H,19,22)(H,20,23)(H,21,24). The SMILES string of the molecule is CC(C)(C)OC(=O)NCC(=O)NCCNC(=O)CCOc1ccccc1. The first-order valence-electron chi connectivity index (χ1n) is 8.44. The van der Waals surface area contributed by atoms with Gasteiger partial charge in [0, 0.05) is 13.1 Å². The zero-order chi connectivity index (χ0) is 19.4. The van der Waals surface area contributed by atoms with Gasteiger partial charge in [0.15, 0.2) is 0 Å². The summed E-state index contributed by atoms with van der Waals surface area (Å²) in [4.78, 5) is 34.6. The number of carbonyl (C=O) groups is 3. The van der Waals surface area contributed by atoms with Crippen LogP contribution in [0.25, 0.3) is 0 Å². The Bertz CT molecular complexity index is 584. The van der Waals surface area contributed by atoms with Crippen LogP contribution in [0.5, 0.6) is 5.75 Å². The molecule has 1 rings (SSSR count). The van der Waals surface area contributed by atoms with Crippen molar-refractivity contribution in [1.82, 2.24) is 16.0 Å². The zero-order valence-corrected chi connectivity index (χ0v) is 15.5. The van der Waals surface area contributed by atoms with E-state index in [0.29, 0.717) is 12.3 Å². The average molecular weight is 365 g/mol. The van der Waals surface area contributed by atoms with E-state index in [1.807, 2.05) is 30.3 Å². The predicted octanol–water partition coefficient (Wildman–Crippen LogP) is 1.21. The van der Waals surface area contributed by atoms with Crippen molar-refractivity contribution in [3.05, 3.63) is 30.3 Å². The lowest BCUT2D eigenvalue weighted by molar-refractivity contribution is -0.122. The summed E-state index contributed by atoms with van der Waals surface area (Å²) in [6.07, 6.45) is -0.428. The minimum Gasteiger partial charge on any atom is -0.493 e. The molecule has 0 aromatic heterocycles. The van der Waals surface area contributed by atoms with Gasteiger partial charge in [-0.1, -0.05) is 18.2 Å². The van der Waals surface area contributed by atoms with Crippen LogP contribution in [-0.2, 0) is 14.3 Å². The molecule has 144 valence electrons. The van der Waals surface area contributed by atoms with Crippen molar-refractivity contribution in [2.75, 3.05) is 26.2 Å². The van der Waals surface area contributed by atoms with Crippen molar-refractivity contribution in [1.29, 1.82) is 0 Å². The van der Waals surface area contributed by atoms with Crippen LogP contribution in [0.15, 0.2) is 30.3 Å². The second kappa shape index (κ2) is 11.0. The van der Waals surface area contributed by atoms with Crippen molar-refractivity contribution >= 4 is 17.9 Å². The van der Waals surface area contributed by atoms with Gasteiger partial charge in [-0.05, 0) is 32.9 Å². The highest BCUT2D eigenvalue weighted by atomic mass is 16.6. The number of rotatable bonds is 9.